The molecule has 0 bridgehead atoms. The molecule has 0 heterocycles. The number of alkyl halides is 3. The number of fused-ring (bicyclic) bond motifs is 1. The van der Waals surface area contributed by atoms with Crippen molar-refractivity contribution in [1.29, 1.82) is 0 Å². The van der Waals surface area contributed by atoms with Crippen molar-refractivity contribution in [3.8, 4) is 28.4 Å². The summed E-state index contributed by atoms with van der Waals surface area (Å²) in [6.45, 7) is 0.696. The van der Waals surface area contributed by atoms with Crippen molar-refractivity contribution in [2.45, 2.75) is 51.0 Å². The molecule has 0 aliphatic heterocycles. The number of carboxylic acid groups (broad SMARTS) is 1. The van der Waals surface area contributed by atoms with Crippen LogP contribution in [0.1, 0.15) is 47.6 Å². The first-order valence-corrected chi connectivity index (χ1v) is 17.2. The van der Waals surface area contributed by atoms with E-state index in [9.17, 15) is 22.8 Å². The Kier molecular flexibility index (Phi) is 13.1. The lowest BCUT2D eigenvalue weighted by Gasteiger charge is -2.26. The largest absolute Gasteiger partial charge is 0.497 e. The number of hydrogen-bond donors (Lipinski definition) is 3. The van der Waals surface area contributed by atoms with Gasteiger partial charge in [-0.05, 0) is 82.6 Å². The van der Waals surface area contributed by atoms with E-state index in [4.69, 9.17) is 25.1 Å². The zero-order chi connectivity index (χ0) is 38.7. The molecule has 1 atom stereocenters. The first-order chi connectivity index (χ1) is 25.9. The molecule has 280 valence electrons. The van der Waals surface area contributed by atoms with Crippen molar-refractivity contribution < 1.29 is 42.1 Å². The lowest BCUT2D eigenvalue weighted by molar-refractivity contribution is -0.192. The average molecular weight is 740 g/mol. The normalized spacial score (nSPS) is 13.2. The third-order valence-electron chi connectivity index (χ3n) is 8.79. The van der Waals surface area contributed by atoms with E-state index in [1.807, 2.05) is 109 Å². The fraction of sp³-hybridized carbons (Fsp3) is 0.214. The number of aliphatic carboxylic acids is 1. The van der Waals surface area contributed by atoms with Crippen LogP contribution in [-0.2, 0) is 33.9 Å². The molecule has 9 nitrogen and oxygen atoms in total. The maximum absolute atomic E-state index is 14.0. The quantitative estimate of drug-likeness (QED) is 0.117. The van der Waals surface area contributed by atoms with Crippen LogP contribution >= 0.6 is 0 Å². The lowest BCUT2D eigenvalue weighted by atomic mass is 10.0. The Balaban J connectivity index is 0.000000730. The Morgan fingerprint density at radius 2 is 1.50 bits per heavy atom. The Labute approximate surface area is 311 Å². The van der Waals surface area contributed by atoms with Crippen LogP contribution in [0, 0.1) is 0 Å². The predicted octanol–water partition coefficient (Wildman–Crippen LogP) is 8.36. The summed E-state index contributed by atoms with van der Waals surface area (Å²) < 4.78 is 43.5. The van der Waals surface area contributed by atoms with Crippen molar-refractivity contribution in [3.05, 3.63) is 144 Å². The Bertz CT molecular complexity index is 2070. The number of hydrogen-bond acceptors (Lipinski definition) is 6. The number of benzene rings is 5. The topological polar surface area (TPSA) is 131 Å². The molecule has 54 heavy (non-hydrogen) atoms. The molecule has 5 aromatic carbocycles. The van der Waals surface area contributed by atoms with Gasteiger partial charge in [0.2, 0.25) is 11.8 Å². The molecule has 5 aromatic rings. The number of halogens is 3. The molecule has 0 saturated heterocycles. The van der Waals surface area contributed by atoms with Crippen molar-refractivity contribution >= 4 is 23.5 Å². The molecule has 1 aliphatic rings. The summed E-state index contributed by atoms with van der Waals surface area (Å²) in [6.07, 6.45) is -3.13. The van der Waals surface area contributed by atoms with Crippen molar-refractivity contribution in [3.63, 3.8) is 0 Å². The van der Waals surface area contributed by atoms with Gasteiger partial charge in [0.1, 0.15) is 11.5 Å². The molecule has 0 aromatic heterocycles. The summed E-state index contributed by atoms with van der Waals surface area (Å²) in [7, 11) is 1.65. The highest BCUT2D eigenvalue weighted by Gasteiger charge is 2.38. The molecule has 4 N–H and O–H groups in total. The van der Waals surface area contributed by atoms with Crippen LogP contribution in [0.4, 0.5) is 18.9 Å². The highest BCUT2D eigenvalue weighted by Crippen LogP contribution is 2.35. The molecular weight excluding hydrogens is 699 g/mol. The third-order valence-corrected chi connectivity index (χ3v) is 8.79. The van der Waals surface area contributed by atoms with Gasteiger partial charge >= 0.3 is 12.1 Å². The molecular formula is C42H40F3N3O6. The Morgan fingerprint density at radius 1 is 0.815 bits per heavy atom. The molecule has 6 rings (SSSR count). The standard InChI is InChI=1S/C40H39N3O4.C2HF3O2/c1-46-33-11-7-10-32(25-33)30-18-16-28(17-19-30)27-43(37-14-4-5-15-38(37)47-34-12-6-8-29(24-34)26-41)40(45)23-22-39(44)42-36-21-20-31-9-2-3-13-35(31)36;3-2(4,5)1(6)7/h2-19,24-25,36H,20-23,26-27,41H2,1H3,(H,42,44);(H,6,7). The van der Waals surface area contributed by atoms with Gasteiger partial charge < -0.3 is 30.5 Å². The number of nitrogens with two attached hydrogens (primary N) is 1. The van der Waals surface area contributed by atoms with E-state index >= 15 is 0 Å². The van der Waals surface area contributed by atoms with E-state index in [1.54, 1.807) is 12.0 Å². The number of nitrogens with one attached hydrogen (secondary N) is 1. The summed E-state index contributed by atoms with van der Waals surface area (Å²) in [5, 5.41) is 10.3. The third kappa shape index (κ3) is 10.5. The van der Waals surface area contributed by atoms with Crippen LogP contribution in [0.5, 0.6) is 17.2 Å². The predicted molar refractivity (Wildman–Crippen MR) is 199 cm³/mol. The van der Waals surface area contributed by atoms with Gasteiger partial charge in [-0.25, -0.2) is 4.79 Å². The minimum atomic E-state index is -5.08. The summed E-state index contributed by atoms with van der Waals surface area (Å²) in [4.78, 5) is 37.7. The number of para-hydroxylation sites is 2. The SMILES string of the molecule is COc1cccc(-c2ccc(CN(C(=O)CCC(=O)NC3CCc4ccccc43)c3ccccc3Oc3cccc(CN)c3)cc2)c1.O=C(O)C(F)(F)F. The van der Waals surface area contributed by atoms with Crippen molar-refractivity contribution in [1.82, 2.24) is 5.32 Å². The van der Waals surface area contributed by atoms with E-state index < -0.39 is 12.1 Å². The van der Waals surface area contributed by atoms with Gasteiger partial charge in [0.25, 0.3) is 0 Å². The van der Waals surface area contributed by atoms with Crippen LogP contribution in [-0.4, -0.2) is 36.2 Å². The first-order valence-electron chi connectivity index (χ1n) is 17.2. The first kappa shape index (κ1) is 39.1. The number of amides is 2. The van der Waals surface area contributed by atoms with Crippen LogP contribution in [0.3, 0.4) is 0 Å². The molecule has 2 amide bonds. The van der Waals surface area contributed by atoms with Gasteiger partial charge in [-0.3, -0.25) is 9.59 Å². The van der Waals surface area contributed by atoms with E-state index in [0.29, 0.717) is 30.3 Å². The molecule has 0 saturated carbocycles. The highest BCUT2D eigenvalue weighted by atomic mass is 19.4. The van der Waals surface area contributed by atoms with Crippen molar-refractivity contribution in [2.24, 2.45) is 5.73 Å². The molecule has 0 fully saturated rings. The number of carbonyl (C=O) groups is 3. The van der Waals surface area contributed by atoms with Gasteiger partial charge in [0.05, 0.1) is 25.4 Å². The minimum Gasteiger partial charge on any atom is -0.497 e. The Hall–Kier alpha value is -6.14. The monoisotopic (exact) mass is 739 g/mol. The second-order valence-electron chi connectivity index (χ2n) is 12.5. The number of methoxy groups -OCH3 is 1. The van der Waals surface area contributed by atoms with Gasteiger partial charge in [-0.15, -0.1) is 0 Å². The number of nitrogens with zero attached hydrogens (tertiary/aromatic N) is 1. The van der Waals surface area contributed by atoms with Crippen LogP contribution in [0.2, 0.25) is 0 Å². The molecule has 1 unspecified atom stereocenters. The summed E-state index contributed by atoms with van der Waals surface area (Å²) >= 11 is 0. The van der Waals surface area contributed by atoms with Gasteiger partial charge in [0.15, 0.2) is 5.75 Å². The fourth-order valence-electron chi connectivity index (χ4n) is 6.05. The Morgan fingerprint density at radius 3 is 2.22 bits per heavy atom. The van der Waals surface area contributed by atoms with Crippen LogP contribution in [0.15, 0.2) is 121 Å². The highest BCUT2D eigenvalue weighted by molar-refractivity contribution is 5.96. The number of rotatable bonds is 12. The molecule has 0 spiro atoms. The van der Waals surface area contributed by atoms with Crippen molar-refractivity contribution in [2.75, 3.05) is 12.0 Å². The van der Waals surface area contributed by atoms with E-state index in [-0.39, 0.29) is 30.7 Å². The van der Waals surface area contributed by atoms with E-state index in [0.717, 1.165) is 46.4 Å². The molecule has 1 aliphatic carbocycles. The van der Waals surface area contributed by atoms with Gasteiger partial charge in [-0.2, -0.15) is 13.2 Å². The second-order valence-corrected chi connectivity index (χ2v) is 12.5. The van der Waals surface area contributed by atoms with Gasteiger partial charge in [0, 0.05) is 19.4 Å². The number of ether oxygens (including phenoxy) is 2. The molecule has 0 radical (unpaired) electrons. The van der Waals surface area contributed by atoms with Crippen LogP contribution < -0.4 is 25.4 Å². The zero-order valence-corrected chi connectivity index (χ0v) is 29.5. The summed E-state index contributed by atoms with van der Waals surface area (Å²) in [5.41, 5.74) is 12.9. The molecule has 12 heteroatoms. The maximum atomic E-state index is 14.0. The average Bonchev–Trinajstić information content (AvgIpc) is 3.59. The lowest BCUT2D eigenvalue weighted by Crippen LogP contribution is -2.33. The summed E-state index contributed by atoms with van der Waals surface area (Å²) in [6, 6.07) is 39.3. The van der Waals surface area contributed by atoms with Gasteiger partial charge in [-0.1, -0.05) is 84.9 Å². The number of aryl methyl sites for hydroxylation is 1. The minimum absolute atomic E-state index is 0.0218. The second kappa shape index (κ2) is 18.1. The van der Waals surface area contributed by atoms with E-state index in [2.05, 4.69) is 17.4 Å². The maximum Gasteiger partial charge on any atom is 0.490 e. The van der Waals surface area contributed by atoms with E-state index in [1.165, 1.54) is 5.56 Å². The fourth-order valence-corrected chi connectivity index (χ4v) is 6.05. The zero-order valence-electron chi connectivity index (χ0n) is 29.5. The number of carboxylic acids is 1. The number of anilines is 1. The number of carbonyl (C=O) groups excluding carboxylic acids is 2. The van der Waals surface area contributed by atoms with Crippen LogP contribution in [0.25, 0.3) is 11.1 Å². The summed E-state index contributed by atoms with van der Waals surface area (Å²) in [5.74, 6) is -1.10. The smallest absolute Gasteiger partial charge is 0.490 e.